The van der Waals surface area contributed by atoms with Gasteiger partial charge < -0.3 is 9.79 Å². The summed E-state index contributed by atoms with van der Waals surface area (Å²) in [5.74, 6) is 0. The topological polar surface area (TPSA) is 40.5 Å². The lowest BCUT2D eigenvalue weighted by atomic mass is 9.94. The Morgan fingerprint density at radius 3 is 1.31 bits per heavy atom. The van der Waals surface area contributed by atoms with Gasteiger partial charge in [-0.1, -0.05) is 83.1 Å². The molecule has 0 amide bonds. The first-order valence-corrected chi connectivity index (χ1v) is 12.3. The van der Waals surface area contributed by atoms with Crippen molar-refractivity contribution in [1.82, 2.24) is 0 Å². The van der Waals surface area contributed by atoms with E-state index in [2.05, 4.69) is 0 Å². The van der Waals surface area contributed by atoms with Crippen molar-refractivity contribution in [3.63, 3.8) is 0 Å². The second-order valence-corrected chi connectivity index (χ2v) is 9.81. The third kappa shape index (κ3) is 3.12. The molecule has 0 saturated carbocycles. The Balaban J connectivity index is 2.23. The maximum absolute atomic E-state index is 10.3. The van der Waals surface area contributed by atoms with E-state index < -0.39 is 15.0 Å². The second-order valence-electron chi connectivity index (χ2n) is 5.88. The summed E-state index contributed by atoms with van der Waals surface area (Å²) >= 11 is 12.3. The lowest BCUT2D eigenvalue weighted by Crippen LogP contribution is -2.11. The van der Waals surface area contributed by atoms with Gasteiger partial charge in [-0.15, -0.1) is 0 Å². The van der Waals surface area contributed by atoms with Gasteiger partial charge in [0.25, 0.3) is 0 Å². The molecule has 0 aromatic heterocycles. The third-order valence-corrected chi connectivity index (χ3v) is 7.09. The van der Waals surface area contributed by atoms with Gasteiger partial charge in [-0.05, 0) is 33.7 Å². The Morgan fingerprint density at radius 1 is 0.538 bits per heavy atom. The van der Waals surface area contributed by atoms with Gasteiger partial charge in [-0.25, -0.2) is 0 Å². The van der Waals surface area contributed by atoms with E-state index in [0.29, 0.717) is 10.6 Å². The van der Waals surface area contributed by atoms with Crippen LogP contribution in [0, 0.1) is 0 Å². The molecular weight excluding hydrogens is 405 g/mol. The fourth-order valence-electron chi connectivity index (χ4n) is 3.35. The molecule has 2 N–H and O–H groups in total. The Hall–Kier alpha value is -1.24. The van der Waals surface area contributed by atoms with Crippen LogP contribution in [-0.4, -0.2) is 9.79 Å². The van der Waals surface area contributed by atoms with Gasteiger partial charge in [0.05, 0.1) is 0 Å². The molecular formula is C20H14Cl2O2P2. The first kappa shape index (κ1) is 18.1. The fraction of sp³-hybridized carbons (Fsp3) is 0. The lowest BCUT2D eigenvalue weighted by molar-refractivity contribution is 0.648. The van der Waals surface area contributed by atoms with Crippen LogP contribution >= 0.6 is 37.5 Å². The summed E-state index contributed by atoms with van der Waals surface area (Å²) in [6.07, 6.45) is 0. The summed E-state index contributed by atoms with van der Waals surface area (Å²) in [6.45, 7) is 0. The Labute approximate surface area is 163 Å². The van der Waals surface area contributed by atoms with Crippen LogP contribution in [0.5, 0.6) is 0 Å². The molecule has 0 bridgehead atoms. The molecule has 0 unspecified atom stereocenters. The monoisotopic (exact) mass is 418 g/mol. The molecule has 0 radical (unpaired) electrons. The molecule has 4 aromatic rings. The highest BCUT2D eigenvalue weighted by molar-refractivity contribution is 7.86. The lowest BCUT2D eigenvalue weighted by Gasteiger charge is -2.19. The van der Waals surface area contributed by atoms with Crippen molar-refractivity contribution in [2.24, 2.45) is 0 Å². The summed E-state index contributed by atoms with van der Waals surface area (Å²) < 4.78 is 0. The maximum Gasteiger partial charge on any atom is 0.155 e. The molecule has 0 fully saturated rings. The van der Waals surface area contributed by atoms with Gasteiger partial charge >= 0.3 is 0 Å². The molecule has 2 nitrogen and oxygen atoms in total. The van der Waals surface area contributed by atoms with E-state index in [1.54, 1.807) is 0 Å². The number of fused-ring (bicyclic) bond motifs is 2. The summed E-state index contributed by atoms with van der Waals surface area (Å²) in [5, 5.41) is 5.33. The molecule has 0 aliphatic heterocycles. The van der Waals surface area contributed by atoms with Crippen molar-refractivity contribution < 1.29 is 9.79 Å². The SMILES string of the molecule is O[P@@](Cl)c1ccc2ccccc2c1-c1c([P@@](O)Cl)ccc2ccccc12. The quantitative estimate of drug-likeness (QED) is 0.400. The van der Waals surface area contributed by atoms with Gasteiger partial charge in [0, 0.05) is 21.7 Å². The van der Waals surface area contributed by atoms with E-state index in [-0.39, 0.29) is 0 Å². The van der Waals surface area contributed by atoms with Gasteiger partial charge in [-0.3, -0.25) is 0 Å². The van der Waals surface area contributed by atoms with Crippen molar-refractivity contribution in [3.8, 4) is 11.1 Å². The van der Waals surface area contributed by atoms with Crippen LogP contribution in [0.1, 0.15) is 0 Å². The summed E-state index contributed by atoms with van der Waals surface area (Å²) in [4.78, 5) is 20.5. The Bertz CT molecular complexity index is 1020. The van der Waals surface area contributed by atoms with E-state index >= 15 is 0 Å². The number of hydrogen-bond acceptors (Lipinski definition) is 2. The van der Waals surface area contributed by atoms with Crippen molar-refractivity contribution in [3.05, 3.63) is 72.8 Å². The predicted octanol–water partition coefficient (Wildman–Crippen LogP) is 6.00. The average molecular weight is 419 g/mol. The number of benzene rings is 4. The van der Waals surface area contributed by atoms with E-state index in [4.69, 9.17) is 22.5 Å². The van der Waals surface area contributed by atoms with E-state index in [1.807, 2.05) is 72.8 Å². The Morgan fingerprint density at radius 2 is 0.923 bits per heavy atom. The molecule has 0 saturated heterocycles. The molecule has 26 heavy (non-hydrogen) atoms. The zero-order chi connectivity index (χ0) is 18.3. The van der Waals surface area contributed by atoms with Crippen LogP contribution < -0.4 is 10.6 Å². The predicted molar refractivity (Wildman–Crippen MR) is 116 cm³/mol. The summed E-state index contributed by atoms with van der Waals surface area (Å²) in [5.41, 5.74) is 1.67. The average Bonchev–Trinajstić information content (AvgIpc) is 2.66. The van der Waals surface area contributed by atoms with Crippen LogP contribution in [0.4, 0.5) is 0 Å². The molecule has 2 atom stereocenters. The van der Waals surface area contributed by atoms with Crippen molar-refractivity contribution in [1.29, 1.82) is 0 Å². The third-order valence-electron chi connectivity index (χ3n) is 4.46. The summed E-state index contributed by atoms with van der Waals surface area (Å²) in [7, 11) is -3.69. The molecule has 0 aliphatic rings. The van der Waals surface area contributed by atoms with Crippen LogP contribution in [0.15, 0.2) is 72.8 Å². The minimum absolute atomic E-state index is 0.659. The molecule has 0 aliphatic carbocycles. The van der Waals surface area contributed by atoms with Crippen LogP contribution in [0.3, 0.4) is 0 Å². The van der Waals surface area contributed by atoms with Gasteiger partial charge in [0.2, 0.25) is 0 Å². The zero-order valence-electron chi connectivity index (χ0n) is 13.5. The number of halogens is 2. The Kier molecular flexibility index (Phi) is 5.17. The molecule has 6 heteroatoms. The van der Waals surface area contributed by atoms with Crippen LogP contribution in [0.25, 0.3) is 32.7 Å². The smallest absolute Gasteiger partial charge is 0.155 e. The molecule has 0 spiro atoms. The van der Waals surface area contributed by atoms with Gasteiger partial charge in [-0.2, -0.15) is 0 Å². The van der Waals surface area contributed by atoms with Gasteiger partial charge in [0.15, 0.2) is 15.0 Å². The van der Waals surface area contributed by atoms with E-state index in [9.17, 15) is 9.79 Å². The van der Waals surface area contributed by atoms with Gasteiger partial charge in [0.1, 0.15) is 0 Å². The summed E-state index contributed by atoms with van der Waals surface area (Å²) in [6, 6.07) is 23.5. The molecule has 0 heterocycles. The van der Waals surface area contributed by atoms with Crippen LogP contribution in [-0.2, 0) is 0 Å². The zero-order valence-corrected chi connectivity index (χ0v) is 16.8. The maximum atomic E-state index is 10.3. The molecule has 130 valence electrons. The number of rotatable bonds is 3. The standard InChI is InChI=1S/C20H14Cl2O2P2/c21-25(23)17-11-9-13-5-1-3-7-15(13)19(17)20-16-8-4-2-6-14(16)10-12-18(20)26(22)24/h1-12,23-24H/t25-,26-/m1/s1. The molecule has 4 aromatic carbocycles. The highest BCUT2D eigenvalue weighted by atomic mass is 35.7. The van der Waals surface area contributed by atoms with Crippen molar-refractivity contribution in [2.75, 3.05) is 0 Å². The van der Waals surface area contributed by atoms with Crippen molar-refractivity contribution >= 4 is 69.6 Å². The normalized spacial score (nSPS) is 13.8. The fourth-order valence-corrected chi connectivity index (χ4v) is 5.43. The largest absolute Gasteiger partial charge is 0.356 e. The highest BCUT2D eigenvalue weighted by Gasteiger charge is 2.22. The van der Waals surface area contributed by atoms with Crippen LogP contribution in [0.2, 0.25) is 0 Å². The first-order valence-electron chi connectivity index (χ1n) is 7.91. The number of hydrogen-bond donors (Lipinski definition) is 2. The molecule has 4 rings (SSSR count). The van der Waals surface area contributed by atoms with E-state index in [0.717, 1.165) is 32.7 Å². The minimum Gasteiger partial charge on any atom is -0.356 e. The van der Waals surface area contributed by atoms with Crippen molar-refractivity contribution in [2.45, 2.75) is 0 Å². The van der Waals surface area contributed by atoms with E-state index in [1.165, 1.54) is 0 Å². The first-order chi connectivity index (χ1) is 12.6. The second kappa shape index (κ2) is 7.41. The highest BCUT2D eigenvalue weighted by Crippen LogP contribution is 2.46. The minimum atomic E-state index is -1.85.